The zero-order chi connectivity index (χ0) is 27.8. The highest BCUT2D eigenvalue weighted by molar-refractivity contribution is 6.07. The molecule has 0 fully saturated rings. The Kier molecular flexibility index (Phi) is 9.74. The monoisotopic (exact) mass is 530 g/mol. The molecule has 0 N–H and O–H groups in total. The summed E-state index contributed by atoms with van der Waals surface area (Å²) in [5.74, 6) is 3.32. The number of benzene rings is 3. The summed E-state index contributed by atoms with van der Waals surface area (Å²) in [5.41, 5.74) is 1.77. The van der Waals surface area contributed by atoms with Crippen molar-refractivity contribution in [3.63, 3.8) is 0 Å². The van der Waals surface area contributed by atoms with Crippen molar-refractivity contribution in [2.45, 2.75) is 47.1 Å². The van der Waals surface area contributed by atoms with Crippen LogP contribution in [0.2, 0.25) is 0 Å². The van der Waals surface area contributed by atoms with Crippen molar-refractivity contribution in [2.24, 2.45) is 11.8 Å². The molecule has 0 aliphatic carbocycles. The molecule has 3 aromatic carbocycles. The fraction of sp³-hybridized carbons (Fsp3) is 0.424. The predicted molar refractivity (Wildman–Crippen MR) is 157 cm³/mol. The number of carbonyl (C=O) groups excluding carboxylic acids is 1. The number of carbonyl (C=O) groups is 1. The molecule has 0 radical (unpaired) electrons. The van der Waals surface area contributed by atoms with Crippen molar-refractivity contribution < 1.29 is 19.0 Å². The lowest BCUT2D eigenvalue weighted by molar-refractivity contribution is 0.0940. The number of hydrogen-bond donors (Lipinski definition) is 0. The molecule has 208 valence electrons. The van der Waals surface area contributed by atoms with Gasteiger partial charge in [0, 0.05) is 29.7 Å². The van der Waals surface area contributed by atoms with E-state index in [0.29, 0.717) is 43.0 Å². The molecular weight excluding hydrogens is 488 g/mol. The highest BCUT2D eigenvalue weighted by Crippen LogP contribution is 2.38. The minimum Gasteiger partial charge on any atom is -0.497 e. The largest absolute Gasteiger partial charge is 0.497 e. The first-order chi connectivity index (χ1) is 18.8. The fourth-order valence-corrected chi connectivity index (χ4v) is 4.56. The topological polar surface area (TPSA) is 51.2 Å². The summed E-state index contributed by atoms with van der Waals surface area (Å²) in [6, 6.07) is 18.0. The molecule has 0 spiro atoms. The van der Waals surface area contributed by atoms with Crippen molar-refractivity contribution in [1.29, 1.82) is 0 Å². The lowest BCUT2D eigenvalue weighted by atomic mass is 10.0. The van der Waals surface area contributed by atoms with Gasteiger partial charge in [-0.2, -0.15) is 0 Å². The number of methoxy groups -OCH3 is 1. The minimum absolute atomic E-state index is 0.0185. The van der Waals surface area contributed by atoms with Gasteiger partial charge in [-0.25, -0.2) is 0 Å². The minimum atomic E-state index is 0.0185. The lowest BCUT2D eigenvalue weighted by Gasteiger charge is -2.22. The third kappa shape index (κ3) is 7.69. The zero-order valence-electron chi connectivity index (χ0n) is 24.0. The maximum absolute atomic E-state index is 13.8. The molecule has 1 aliphatic heterocycles. The summed E-state index contributed by atoms with van der Waals surface area (Å²) in [6.45, 7) is 11.6. The summed E-state index contributed by atoms with van der Waals surface area (Å²) in [5, 5.41) is 1.90. The highest BCUT2D eigenvalue weighted by atomic mass is 16.5. The van der Waals surface area contributed by atoms with Gasteiger partial charge in [-0.05, 0) is 48.4 Å². The van der Waals surface area contributed by atoms with Gasteiger partial charge in [0.15, 0.2) is 5.78 Å². The second kappa shape index (κ2) is 13.4. The van der Waals surface area contributed by atoms with Crippen molar-refractivity contribution in [3.8, 4) is 17.2 Å². The fourth-order valence-electron chi connectivity index (χ4n) is 4.56. The van der Waals surface area contributed by atoms with Crippen molar-refractivity contribution in [1.82, 2.24) is 9.80 Å². The predicted octanol–water partition coefficient (Wildman–Crippen LogP) is 7.13. The standard InChI is InChI=1S/C33H42N2O4/c1-24(2)14-18-38-32-20-30(33(39-19-15-25(3)4)29-9-7-6-8-28(29)32)31(36)22-35-17-16-34(23-35)21-26-10-12-27(37-5)13-11-26/h6-13,16-17,20,24-25H,14-15,18-19,21-23H2,1-5H3. The van der Waals surface area contributed by atoms with E-state index < -0.39 is 0 Å². The van der Waals surface area contributed by atoms with E-state index in [2.05, 4.69) is 44.7 Å². The molecule has 0 amide bonds. The molecule has 1 aliphatic rings. The first-order valence-corrected chi connectivity index (χ1v) is 14.0. The molecule has 6 heteroatoms. The molecule has 0 saturated carbocycles. The molecule has 4 rings (SSSR count). The van der Waals surface area contributed by atoms with E-state index in [9.17, 15) is 4.79 Å². The van der Waals surface area contributed by atoms with E-state index >= 15 is 0 Å². The number of nitrogens with zero attached hydrogens (tertiary/aromatic N) is 2. The number of rotatable bonds is 14. The number of Topliss-reactive ketones (excluding diaryl/α,β-unsaturated/α-hetero) is 1. The smallest absolute Gasteiger partial charge is 0.186 e. The van der Waals surface area contributed by atoms with E-state index in [1.165, 1.54) is 5.56 Å². The van der Waals surface area contributed by atoms with Gasteiger partial charge >= 0.3 is 0 Å². The van der Waals surface area contributed by atoms with Gasteiger partial charge in [0.05, 0.1) is 39.1 Å². The molecule has 0 unspecified atom stereocenters. The third-order valence-electron chi connectivity index (χ3n) is 6.89. The normalized spacial score (nSPS) is 13.1. The number of ketones is 1. The van der Waals surface area contributed by atoms with Crippen LogP contribution in [-0.2, 0) is 6.54 Å². The average molecular weight is 531 g/mol. The Morgan fingerprint density at radius 1 is 0.846 bits per heavy atom. The highest BCUT2D eigenvalue weighted by Gasteiger charge is 2.23. The Morgan fingerprint density at radius 3 is 2.15 bits per heavy atom. The quantitative estimate of drug-likeness (QED) is 0.207. The van der Waals surface area contributed by atoms with Gasteiger partial charge in [0.25, 0.3) is 0 Å². The Morgan fingerprint density at radius 2 is 1.49 bits per heavy atom. The van der Waals surface area contributed by atoms with Crippen LogP contribution in [0.4, 0.5) is 0 Å². The van der Waals surface area contributed by atoms with E-state index in [0.717, 1.165) is 41.7 Å². The van der Waals surface area contributed by atoms with E-state index in [1.807, 2.05) is 59.8 Å². The maximum atomic E-state index is 13.8. The van der Waals surface area contributed by atoms with Crippen LogP contribution in [-0.4, -0.2) is 49.1 Å². The molecule has 0 saturated heterocycles. The Hall–Kier alpha value is -3.67. The second-order valence-corrected chi connectivity index (χ2v) is 11.1. The summed E-state index contributed by atoms with van der Waals surface area (Å²) >= 11 is 0. The molecule has 3 aromatic rings. The molecule has 39 heavy (non-hydrogen) atoms. The van der Waals surface area contributed by atoms with E-state index in [-0.39, 0.29) is 12.3 Å². The van der Waals surface area contributed by atoms with Gasteiger partial charge in [-0.1, -0.05) is 64.1 Å². The Labute approximate surface area is 233 Å². The first kappa shape index (κ1) is 28.3. The van der Waals surface area contributed by atoms with Crippen LogP contribution in [0.3, 0.4) is 0 Å². The van der Waals surface area contributed by atoms with Crippen molar-refractivity contribution in [2.75, 3.05) is 33.5 Å². The maximum Gasteiger partial charge on any atom is 0.186 e. The van der Waals surface area contributed by atoms with Gasteiger partial charge < -0.3 is 24.0 Å². The molecule has 0 atom stereocenters. The van der Waals surface area contributed by atoms with E-state index in [4.69, 9.17) is 14.2 Å². The summed E-state index contributed by atoms with van der Waals surface area (Å²) in [6.07, 6.45) is 5.90. The molecular formula is C33H42N2O4. The zero-order valence-corrected chi connectivity index (χ0v) is 24.0. The number of ether oxygens (including phenoxy) is 3. The summed E-state index contributed by atoms with van der Waals surface area (Å²) < 4.78 is 17.8. The van der Waals surface area contributed by atoms with Gasteiger partial charge in [0.1, 0.15) is 17.2 Å². The summed E-state index contributed by atoms with van der Waals surface area (Å²) in [7, 11) is 1.67. The van der Waals surface area contributed by atoms with Crippen molar-refractivity contribution >= 4 is 16.6 Å². The van der Waals surface area contributed by atoms with Gasteiger partial charge in [-0.3, -0.25) is 4.79 Å². The molecule has 0 bridgehead atoms. The van der Waals surface area contributed by atoms with Crippen LogP contribution in [0.15, 0.2) is 67.0 Å². The van der Waals surface area contributed by atoms with Gasteiger partial charge in [-0.15, -0.1) is 0 Å². The molecule has 6 nitrogen and oxygen atoms in total. The van der Waals surface area contributed by atoms with E-state index in [1.54, 1.807) is 7.11 Å². The molecule has 0 aromatic heterocycles. The molecule has 1 heterocycles. The second-order valence-electron chi connectivity index (χ2n) is 11.1. The lowest BCUT2D eigenvalue weighted by Crippen LogP contribution is -2.29. The number of hydrogen-bond acceptors (Lipinski definition) is 6. The SMILES string of the molecule is COc1ccc(CN2C=CN(CC(=O)c3cc(OCCC(C)C)c4ccccc4c3OCCC(C)C)C2)cc1. The van der Waals surface area contributed by atoms with Crippen LogP contribution in [0.1, 0.15) is 56.5 Å². The summed E-state index contributed by atoms with van der Waals surface area (Å²) in [4.78, 5) is 18.0. The third-order valence-corrected chi connectivity index (χ3v) is 6.89. The van der Waals surface area contributed by atoms with Crippen LogP contribution >= 0.6 is 0 Å². The van der Waals surface area contributed by atoms with Crippen LogP contribution in [0, 0.1) is 11.8 Å². The van der Waals surface area contributed by atoms with Gasteiger partial charge in [0.2, 0.25) is 0 Å². The van der Waals surface area contributed by atoms with Crippen molar-refractivity contribution in [3.05, 3.63) is 78.1 Å². The van der Waals surface area contributed by atoms with Crippen LogP contribution in [0.5, 0.6) is 17.2 Å². The average Bonchev–Trinajstić information content (AvgIpc) is 3.35. The Balaban J connectivity index is 1.53. The van der Waals surface area contributed by atoms with Crippen LogP contribution < -0.4 is 14.2 Å². The first-order valence-electron chi connectivity index (χ1n) is 14.0. The Bertz CT molecular complexity index is 1270. The number of fused-ring (bicyclic) bond motifs is 1. The van der Waals surface area contributed by atoms with Crippen LogP contribution in [0.25, 0.3) is 10.8 Å².